The molecule has 0 aliphatic carbocycles. The Labute approximate surface area is 229 Å². The van der Waals surface area contributed by atoms with Crippen LogP contribution in [0.5, 0.6) is 0 Å². The van der Waals surface area contributed by atoms with E-state index in [9.17, 15) is 19.2 Å². The van der Waals surface area contributed by atoms with Crippen molar-refractivity contribution in [1.29, 1.82) is 0 Å². The average molecular weight is 551 g/mol. The molecule has 38 heavy (non-hydrogen) atoms. The van der Waals surface area contributed by atoms with Crippen LogP contribution in [0.1, 0.15) is 44.5 Å². The predicted octanol–water partition coefficient (Wildman–Crippen LogP) is 4.22. The SMILES string of the molecule is CCOC(=O)c1ccc(N2C(=O)C(CC(=O)Nc3ccc(C)cc3C)N(NC(=O)c3cccs3)C2=S)cc1. The molecule has 1 unspecified atom stereocenters. The van der Waals surface area contributed by atoms with Gasteiger partial charge in [-0.25, -0.2) is 9.80 Å². The van der Waals surface area contributed by atoms with Gasteiger partial charge in [-0.15, -0.1) is 11.3 Å². The molecule has 1 aliphatic heterocycles. The van der Waals surface area contributed by atoms with Gasteiger partial charge < -0.3 is 10.1 Å². The molecule has 1 saturated heterocycles. The van der Waals surface area contributed by atoms with Crippen LogP contribution in [0.2, 0.25) is 0 Å². The number of nitrogens with one attached hydrogen (secondary N) is 2. The normalized spacial score (nSPS) is 15.0. The lowest BCUT2D eigenvalue weighted by molar-refractivity contribution is -0.124. The quantitative estimate of drug-likeness (QED) is 0.319. The van der Waals surface area contributed by atoms with Crippen LogP contribution in [0.4, 0.5) is 11.4 Å². The van der Waals surface area contributed by atoms with E-state index >= 15 is 0 Å². The van der Waals surface area contributed by atoms with Gasteiger partial charge in [-0.05, 0) is 80.3 Å². The molecule has 1 aromatic heterocycles. The van der Waals surface area contributed by atoms with Crippen LogP contribution < -0.4 is 15.6 Å². The fraction of sp³-hybridized carbons (Fsp3) is 0.222. The third-order valence-corrected chi connectivity index (χ3v) is 7.10. The number of hydrogen-bond acceptors (Lipinski definition) is 7. The smallest absolute Gasteiger partial charge is 0.338 e. The largest absolute Gasteiger partial charge is 0.462 e. The molecule has 1 atom stereocenters. The van der Waals surface area contributed by atoms with Crippen LogP contribution in [-0.4, -0.2) is 46.5 Å². The van der Waals surface area contributed by atoms with E-state index < -0.39 is 29.7 Å². The van der Waals surface area contributed by atoms with Crippen molar-refractivity contribution < 1.29 is 23.9 Å². The number of thiocarbonyl (C=S) groups is 1. The second-order valence-electron chi connectivity index (χ2n) is 8.60. The van der Waals surface area contributed by atoms with Gasteiger partial charge in [0.25, 0.3) is 11.8 Å². The van der Waals surface area contributed by atoms with Crippen molar-refractivity contribution in [1.82, 2.24) is 10.4 Å². The molecule has 2 N–H and O–H groups in total. The van der Waals surface area contributed by atoms with Crippen LogP contribution >= 0.6 is 23.6 Å². The molecule has 0 spiro atoms. The first-order valence-electron chi connectivity index (χ1n) is 11.9. The minimum Gasteiger partial charge on any atom is -0.462 e. The van der Waals surface area contributed by atoms with Crippen molar-refractivity contribution in [2.45, 2.75) is 33.2 Å². The number of aryl methyl sites for hydroxylation is 2. The van der Waals surface area contributed by atoms with E-state index in [1.54, 1.807) is 42.6 Å². The molecule has 0 radical (unpaired) electrons. The van der Waals surface area contributed by atoms with Gasteiger partial charge in [0.15, 0.2) is 0 Å². The molecule has 0 saturated carbocycles. The van der Waals surface area contributed by atoms with Gasteiger partial charge >= 0.3 is 5.97 Å². The van der Waals surface area contributed by atoms with E-state index in [1.807, 2.05) is 26.0 Å². The number of benzene rings is 2. The number of hydrazine groups is 1. The highest BCUT2D eigenvalue weighted by Gasteiger charge is 2.45. The van der Waals surface area contributed by atoms with Crippen molar-refractivity contribution in [2.75, 3.05) is 16.8 Å². The Morgan fingerprint density at radius 2 is 1.82 bits per heavy atom. The molecule has 1 fully saturated rings. The number of anilines is 2. The zero-order valence-corrected chi connectivity index (χ0v) is 22.7. The Morgan fingerprint density at radius 3 is 2.45 bits per heavy atom. The van der Waals surface area contributed by atoms with Crippen molar-refractivity contribution in [3.05, 3.63) is 81.5 Å². The molecule has 2 heterocycles. The molecular weight excluding hydrogens is 524 g/mol. The van der Waals surface area contributed by atoms with Crippen molar-refractivity contribution in [3.8, 4) is 0 Å². The standard InChI is InChI=1S/C27H26N4O5S2/c1-4-36-26(35)18-8-10-19(11-9-18)30-25(34)21(15-23(32)28-20-12-7-16(2)14-17(20)3)31(27(30)37)29-24(33)22-6-5-13-38-22/h5-14,21H,4,15H2,1-3H3,(H,28,32)(H,29,33). The molecular formula is C27H26N4O5S2. The minimum absolute atomic E-state index is 0.00751. The molecule has 3 aromatic rings. The van der Waals surface area contributed by atoms with Gasteiger partial charge in [-0.3, -0.25) is 24.7 Å². The average Bonchev–Trinajstić information content (AvgIpc) is 3.50. The topological polar surface area (TPSA) is 108 Å². The summed E-state index contributed by atoms with van der Waals surface area (Å²) < 4.78 is 5.01. The second kappa shape index (κ2) is 11.5. The van der Waals surface area contributed by atoms with E-state index in [0.717, 1.165) is 11.1 Å². The van der Waals surface area contributed by atoms with Crippen molar-refractivity contribution in [3.63, 3.8) is 0 Å². The van der Waals surface area contributed by atoms with Crippen molar-refractivity contribution >= 4 is 63.7 Å². The van der Waals surface area contributed by atoms with Crippen LogP contribution in [0.15, 0.2) is 60.0 Å². The van der Waals surface area contributed by atoms with Gasteiger partial charge in [-0.2, -0.15) is 0 Å². The highest BCUT2D eigenvalue weighted by Crippen LogP contribution is 2.27. The molecule has 0 bridgehead atoms. The number of carbonyl (C=O) groups is 4. The van der Waals surface area contributed by atoms with Gasteiger partial charge in [0.1, 0.15) is 6.04 Å². The lowest BCUT2D eigenvalue weighted by Crippen LogP contribution is -2.49. The van der Waals surface area contributed by atoms with Crippen LogP contribution in [0.25, 0.3) is 0 Å². The first-order chi connectivity index (χ1) is 18.2. The lowest BCUT2D eigenvalue weighted by Gasteiger charge is -2.24. The Bertz CT molecular complexity index is 1390. The summed E-state index contributed by atoms with van der Waals surface area (Å²) in [5.74, 6) is -1.83. The number of rotatable bonds is 8. The van der Waals surface area contributed by atoms with E-state index in [2.05, 4.69) is 10.7 Å². The molecule has 9 nitrogen and oxygen atoms in total. The summed E-state index contributed by atoms with van der Waals surface area (Å²) in [5, 5.41) is 5.86. The maximum Gasteiger partial charge on any atom is 0.338 e. The number of nitrogens with zero attached hydrogens (tertiary/aromatic N) is 2. The van der Waals surface area contributed by atoms with E-state index in [4.69, 9.17) is 17.0 Å². The highest BCUT2D eigenvalue weighted by molar-refractivity contribution is 7.80. The van der Waals surface area contributed by atoms with Crippen LogP contribution in [0.3, 0.4) is 0 Å². The fourth-order valence-electron chi connectivity index (χ4n) is 4.00. The van der Waals surface area contributed by atoms with Gasteiger partial charge in [0.05, 0.1) is 29.2 Å². The Balaban J connectivity index is 1.59. The maximum absolute atomic E-state index is 13.6. The van der Waals surface area contributed by atoms with Gasteiger partial charge in [0, 0.05) is 5.69 Å². The maximum atomic E-state index is 13.6. The fourth-order valence-corrected chi connectivity index (χ4v) is 4.98. The van der Waals surface area contributed by atoms with Gasteiger partial charge in [0.2, 0.25) is 11.0 Å². The molecule has 1 aliphatic rings. The van der Waals surface area contributed by atoms with Gasteiger partial charge in [-0.1, -0.05) is 23.8 Å². The molecule has 196 valence electrons. The molecule has 3 amide bonds. The first kappa shape index (κ1) is 27.0. The Kier molecular flexibility index (Phi) is 8.18. The number of hydrogen-bond donors (Lipinski definition) is 2. The van der Waals surface area contributed by atoms with Crippen molar-refractivity contribution in [2.24, 2.45) is 0 Å². The Hall–Kier alpha value is -4.09. The first-order valence-corrected chi connectivity index (χ1v) is 13.1. The summed E-state index contributed by atoms with van der Waals surface area (Å²) in [6.07, 6.45) is -0.256. The van der Waals surface area contributed by atoms with Crippen LogP contribution in [0, 0.1) is 13.8 Å². The number of esters is 1. The third-order valence-electron chi connectivity index (χ3n) is 5.85. The number of ether oxygens (including phenoxy) is 1. The molecule has 11 heteroatoms. The summed E-state index contributed by atoms with van der Waals surface area (Å²) in [5.41, 5.74) is 5.98. The zero-order chi connectivity index (χ0) is 27.4. The number of carbonyl (C=O) groups excluding carboxylic acids is 4. The number of amides is 3. The van der Waals surface area contributed by atoms with E-state index in [0.29, 0.717) is 21.8 Å². The molecule has 2 aromatic carbocycles. The molecule has 4 rings (SSSR count). The Morgan fingerprint density at radius 1 is 1.08 bits per heavy atom. The zero-order valence-electron chi connectivity index (χ0n) is 21.0. The summed E-state index contributed by atoms with van der Waals surface area (Å²) in [6.45, 7) is 5.79. The van der Waals surface area contributed by atoms with Crippen LogP contribution in [-0.2, 0) is 14.3 Å². The lowest BCUT2D eigenvalue weighted by atomic mass is 10.1. The predicted molar refractivity (Wildman–Crippen MR) is 149 cm³/mol. The minimum atomic E-state index is -1.08. The number of thiophene rings is 1. The van der Waals surface area contributed by atoms with E-state index in [-0.39, 0.29) is 18.1 Å². The highest BCUT2D eigenvalue weighted by atomic mass is 32.1. The summed E-state index contributed by atoms with van der Waals surface area (Å²) in [4.78, 5) is 53.2. The van der Waals surface area contributed by atoms with E-state index in [1.165, 1.54) is 33.4 Å². The summed E-state index contributed by atoms with van der Waals surface area (Å²) >= 11 is 6.82. The monoisotopic (exact) mass is 550 g/mol. The summed E-state index contributed by atoms with van der Waals surface area (Å²) in [6, 6.07) is 14.1. The summed E-state index contributed by atoms with van der Waals surface area (Å²) in [7, 11) is 0. The second-order valence-corrected chi connectivity index (χ2v) is 9.91. The third kappa shape index (κ3) is 5.74.